The molecule has 0 atom stereocenters. The van der Waals surface area contributed by atoms with Crippen LogP contribution in [0.4, 0.5) is 4.39 Å². The number of nitrogens with two attached hydrogens (primary N) is 1. The Morgan fingerprint density at radius 2 is 1.58 bits per heavy atom. The number of primary sulfonamides is 1. The molecule has 2 N–H and O–H groups in total. The summed E-state index contributed by atoms with van der Waals surface area (Å²) in [5, 5.41) is 5.06. The second-order valence-corrected chi connectivity index (χ2v) is 5.41. The zero-order chi connectivity index (χ0) is 14.0. The lowest BCUT2D eigenvalue weighted by atomic mass is 10.0. The quantitative estimate of drug-likeness (QED) is 0.869. The van der Waals surface area contributed by atoms with Gasteiger partial charge in [-0.2, -0.15) is 0 Å². The van der Waals surface area contributed by atoms with Crippen LogP contribution in [-0.4, -0.2) is 14.2 Å². The van der Waals surface area contributed by atoms with Crippen molar-refractivity contribution in [1.29, 1.82) is 0 Å². The lowest BCUT2D eigenvalue weighted by molar-refractivity contribution is 0.103. The van der Waals surface area contributed by atoms with Gasteiger partial charge in [0, 0.05) is 11.1 Å². The molecule has 0 aliphatic rings. The van der Waals surface area contributed by atoms with Crippen LogP contribution in [0.15, 0.2) is 53.4 Å². The van der Waals surface area contributed by atoms with Gasteiger partial charge < -0.3 is 0 Å². The zero-order valence-corrected chi connectivity index (χ0v) is 10.5. The molecule has 2 rings (SSSR count). The summed E-state index contributed by atoms with van der Waals surface area (Å²) in [4.78, 5) is 11.9. The number of sulfonamides is 1. The van der Waals surface area contributed by atoms with E-state index in [1.165, 1.54) is 36.4 Å². The van der Waals surface area contributed by atoms with E-state index in [4.69, 9.17) is 5.14 Å². The number of benzene rings is 2. The van der Waals surface area contributed by atoms with E-state index in [1.807, 2.05) is 0 Å². The molecule has 0 heterocycles. The number of rotatable bonds is 3. The normalized spacial score (nSPS) is 11.3. The van der Waals surface area contributed by atoms with Crippen LogP contribution in [0.25, 0.3) is 0 Å². The lowest BCUT2D eigenvalue weighted by Gasteiger charge is -2.06. The maximum absolute atomic E-state index is 12.8. The molecule has 98 valence electrons. The molecular weight excluding hydrogens is 269 g/mol. The van der Waals surface area contributed by atoms with Crippen molar-refractivity contribution in [3.63, 3.8) is 0 Å². The highest BCUT2D eigenvalue weighted by Crippen LogP contribution is 2.18. The van der Waals surface area contributed by atoms with E-state index in [0.29, 0.717) is 0 Å². The van der Waals surface area contributed by atoms with Crippen LogP contribution in [0, 0.1) is 5.82 Å². The number of hydrogen-bond donors (Lipinski definition) is 1. The Kier molecular flexibility index (Phi) is 3.46. The monoisotopic (exact) mass is 279 g/mol. The van der Waals surface area contributed by atoms with Crippen molar-refractivity contribution in [3.8, 4) is 0 Å². The molecule has 0 aliphatic carbocycles. The maximum atomic E-state index is 12.8. The fourth-order valence-electron chi connectivity index (χ4n) is 1.66. The number of carbonyl (C=O) groups is 1. The number of ketones is 1. The van der Waals surface area contributed by atoms with Gasteiger partial charge in [-0.3, -0.25) is 4.79 Å². The highest BCUT2D eigenvalue weighted by atomic mass is 32.2. The average molecular weight is 279 g/mol. The van der Waals surface area contributed by atoms with Gasteiger partial charge >= 0.3 is 0 Å². The highest BCUT2D eigenvalue weighted by Gasteiger charge is 2.19. The van der Waals surface area contributed by atoms with Crippen molar-refractivity contribution < 1.29 is 17.6 Å². The Morgan fingerprint density at radius 3 is 2.16 bits per heavy atom. The Bertz CT molecular complexity index is 724. The topological polar surface area (TPSA) is 77.2 Å². The van der Waals surface area contributed by atoms with Crippen molar-refractivity contribution in [2.75, 3.05) is 0 Å². The second-order valence-electron chi connectivity index (χ2n) is 3.88. The van der Waals surface area contributed by atoms with E-state index in [2.05, 4.69) is 0 Å². The smallest absolute Gasteiger partial charge is 0.238 e. The first-order valence-electron chi connectivity index (χ1n) is 5.31. The van der Waals surface area contributed by atoms with Gasteiger partial charge in [-0.1, -0.05) is 12.1 Å². The Morgan fingerprint density at radius 1 is 1.00 bits per heavy atom. The standard InChI is InChI=1S/C13H10FNO3S/c14-10-7-5-9(6-8-10)13(16)11-3-1-2-4-12(11)19(15,17)18/h1-8H,(H2,15,17,18). The van der Waals surface area contributed by atoms with E-state index >= 15 is 0 Å². The molecule has 0 aromatic heterocycles. The third-order valence-electron chi connectivity index (χ3n) is 2.54. The molecule has 0 saturated carbocycles. The number of hydrogen-bond acceptors (Lipinski definition) is 3. The number of halogens is 1. The van der Waals surface area contributed by atoms with Gasteiger partial charge in [0.25, 0.3) is 0 Å². The summed E-state index contributed by atoms with van der Waals surface area (Å²) < 4.78 is 35.6. The Labute approximate surface area is 109 Å². The summed E-state index contributed by atoms with van der Waals surface area (Å²) in [6, 6.07) is 10.5. The Balaban J connectivity index is 2.54. The fourth-order valence-corrected chi connectivity index (χ4v) is 2.39. The molecule has 0 amide bonds. The molecular formula is C13H10FNO3S. The van der Waals surface area contributed by atoms with Crippen molar-refractivity contribution in [2.24, 2.45) is 5.14 Å². The first-order chi connectivity index (χ1) is 8.89. The van der Waals surface area contributed by atoms with Crippen LogP contribution in [0.3, 0.4) is 0 Å². The molecule has 0 bridgehead atoms. The minimum atomic E-state index is -3.99. The summed E-state index contributed by atoms with van der Waals surface area (Å²) in [5.41, 5.74) is 0.161. The molecule has 19 heavy (non-hydrogen) atoms. The SMILES string of the molecule is NS(=O)(=O)c1ccccc1C(=O)c1ccc(F)cc1. The van der Waals surface area contributed by atoms with Crippen LogP contribution in [0.5, 0.6) is 0 Å². The third-order valence-corrected chi connectivity index (χ3v) is 3.51. The summed E-state index contributed by atoms with van der Waals surface area (Å²) in [6.45, 7) is 0. The average Bonchev–Trinajstić information content (AvgIpc) is 2.38. The molecule has 0 aliphatic heterocycles. The lowest BCUT2D eigenvalue weighted by Crippen LogP contribution is -2.17. The van der Waals surface area contributed by atoms with Crippen molar-refractivity contribution in [2.45, 2.75) is 4.90 Å². The molecule has 0 fully saturated rings. The van der Waals surface area contributed by atoms with E-state index in [1.54, 1.807) is 0 Å². The predicted octanol–water partition coefficient (Wildman–Crippen LogP) is 1.70. The molecule has 2 aromatic rings. The largest absolute Gasteiger partial charge is 0.289 e. The van der Waals surface area contributed by atoms with Gasteiger partial charge in [0.2, 0.25) is 10.0 Å². The fraction of sp³-hybridized carbons (Fsp3) is 0. The minimum Gasteiger partial charge on any atom is -0.289 e. The second kappa shape index (κ2) is 4.91. The van der Waals surface area contributed by atoms with E-state index in [9.17, 15) is 17.6 Å². The third kappa shape index (κ3) is 2.86. The van der Waals surface area contributed by atoms with Gasteiger partial charge in [0.05, 0.1) is 4.90 Å². The van der Waals surface area contributed by atoms with Crippen LogP contribution in [-0.2, 0) is 10.0 Å². The molecule has 2 aromatic carbocycles. The van der Waals surface area contributed by atoms with Crippen LogP contribution in [0.2, 0.25) is 0 Å². The van der Waals surface area contributed by atoms with Crippen LogP contribution >= 0.6 is 0 Å². The van der Waals surface area contributed by atoms with E-state index < -0.39 is 21.6 Å². The van der Waals surface area contributed by atoms with Gasteiger partial charge in [-0.15, -0.1) is 0 Å². The highest BCUT2D eigenvalue weighted by molar-refractivity contribution is 7.89. The summed E-state index contributed by atoms with van der Waals surface area (Å²) in [6.07, 6.45) is 0. The predicted molar refractivity (Wildman–Crippen MR) is 67.6 cm³/mol. The molecule has 4 nitrogen and oxygen atoms in total. The van der Waals surface area contributed by atoms with Crippen molar-refractivity contribution in [1.82, 2.24) is 0 Å². The molecule has 0 saturated heterocycles. The summed E-state index contributed by atoms with van der Waals surface area (Å²) in [7, 11) is -3.99. The molecule has 6 heteroatoms. The maximum Gasteiger partial charge on any atom is 0.238 e. The first-order valence-corrected chi connectivity index (χ1v) is 6.86. The molecule has 0 unspecified atom stereocenters. The van der Waals surface area contributed by atoms with Gasteiger partial charge in [0.1, 0.15) is 5.82 Å². The number of carbonyl (C=O) groups excluding carboxylic acids is 1. The molecule has 0 spiro atoms. The zero-order valence-electron chi connectivity index (χ0n) is 9.71. The van der Waals surface area contributed by atoms with Crippen molar-refractivity contribution in [3.05, 3.63) is 65.5 Å². The van der Waals surface area contributed by atoms with E-state index in [-0.39, 0.29) is 16.0 Å². The van der Waals surface area contributed by atoms with Gasteiger partial charge in [-0.05, 0) is 36.4 Å². The summed E-state index contributed by atoms with van der Waals surface area (Å²) >= 11 is 0. The molecule has 0 radical (unpaired) electrons. The van der Waals surface area contributed by atoms with Crippen LogP contribution < -0.4 is 5.14 Å². The van der Waals surface area contributed by atoms with Crippen LogP contribution in [0.1, 0.15) is 15.9 Å². The first kappa shape index (κ1) is 13.4. The van der Waals surface area contributed by atoms with Gasteiger partial charge in [-0.25, -0.2) is 17.9 Å². The summed E-state index contributed by atoms with van der Waals surface area (Å²) in [5.74, 6) is -0.999. The Hall–Kier alpha value is -2.05. The van der Waals surface area contributed by atoms with Gasteiger partial charge in [0.15, 0.2) is 5.78 Å². The minimum absolute atomic E-state index is 0.0309. The van der Waals surface area contributed by atoms with E-state index in [0.717, 1.165) is 12.1 Å². The van der Waals surface area contributed by atoms with Crippen molar-refractivity contribution >= 4 is 15.8 Å².